The summed E-state index contributed by atoms with van der Waals surface area (Å²) in [4.78, 5) is 0. The summed E-state index contributed by atoms with van der Waals surface area (Å²) in [7, 11) is 0. The molecule has 0 spiro atoms. The molecule has 0 nitrogen and oxygen atoms in total. The van der Waals surface area contributed by atoms with Crippen LogP contribution in [0.5, 0.6) is 0 Å². The van der Waals surface area contributed by atoms with Gasteiger partial charge in [-0.15, -0.1) is 0 Å². The van der Waals surface area contributed by atoms with Crippen molar-refractivity contribution in [3.63, 3.8) is 0 Å². The summed E-state index contributed by atoms with van der Waals surface area (Å²) in [6.45, 7) is 2.19. The zero-order valence-electron chi connectivity index (χ0n) is 17.0. The molecule has 3 aromatic rings. The highest BCUT2D eigenvalue weighted by Gasteiger charge is 2.25. The Hall–Kier alpha value is -2.62. The van der Waals surface area contributed by atoms with Crippen molar-refractivity contribution in [1.29, 1.82) is 0 Å². The van der Waals surface area contributed by atoms with Crippen LogP contribution in [0.2, 0.25) is 0 Å². The summed E-state index contributed by atoms with van der Waals surface area (Å²) >= 11 is 0. The number of halogens is 4. The lowest BCUT2D eigenvalue weighted by molar-refractivity contribution is 0.508. The van der Waals surface area contributed by atoms with Crippen molar-refractivity contribution in [2.75, 3.05) is 0 Å². The average molecular weight is 412 g/mol. The highest BCUT2D eigenvalue weighted by Crippen LogP contribution is 2.40. The van der Waals surface area contributed by atoms with E-state index in [-0.39, 0.29) is 11.1 Å². The molecule has 0 aliphatic heterocycles. The Morgan fingerprint density at radius 2 is 1.57 bits per heavy atom. The zero-order valence-corrected chi connectivity index (χ0v) is 17.0. The van der Waals surface area contributed by atoms with Gasteiger partial charge in [-0.1, -0.05) is 50.5 Å². The van der Waals surface area contributed by atoms with Gasteiger partial charge < -0.3 is 0 Å². The second-order valence-electron chi connectivity index (χ2n) is 8.00. The lowest BCUT2D eigenvalue weighted by Gasteiger charge is -2.23. The molecule has 0 unspecified atom stereocenters. The van der Waals surface area contributed by atoms with Crippen molar-refractivity contribution < 1.29 is 17.6 Å². The largest absolute Gasteiger partial charge is 0.206 e. The van der Waals surface area contributed by atoms with Gasteiger partial charge >= 0.3 is 0 Å². The fourth-order valence-electron chi connectivity index (χ4n) is 4.35. The maximum Gasteiger partial charge on any atom is 0.159 e. The van der Waals surface area contributed by atoms with E-state index in [0.29, 0.717) is 24.0 Å². The van der Waals surface area contributed by atoms with E-state index in [9.17, 15) is 13.2 Å². The summed E-state index contributed by atoms with van der Waals surface area (Å²) in [5, 5.41) is 0. The molecular formula is C26H24F4. The summed E-state index contributed by atoms with van der Waals surface area (Å²) in [6.07, 6.45) is 6.92. The minimum Gasteiger partial charge on any atom is -0.206 e. The van der Waals surface area contributed by atoms with Crippen LogP contribution in [-0.2, 0) is 19.3 Å². The van der Waals surface area contributed by atoms with Crippen molar-refractivity contribution in [1.82, 2.24) is 0 Å². The topological polar surface area (TPSA) is 0 Å². The van der Waals surface area contributed by atoms with Gasteiger partial charge in [-0.25, -0.2) is 17.6 Å². The van der Waals surface area contributed by atoms with Gasteiger partial charge in [0.1, 0.15) is 11.6 Å². The van der Waals surface area contributed by atoms with E-state index in [4.69, 9.17) is 0 Å². The third kappa shape index (κ3) is 3.88. The Bertz CT molecular complexity index is 1080. The molecule has 0 saturated carbocycles. The Morgan fingerprint density at radius 3 is 2.33 bits per heavy atom. The first-order valence-electron chi connectivity index (χ1n) is 10.6. The van der Waals surface area contributed by atoms with E-state index in [1.54, 1.807) is 0 Å². The van der Waals surface area contributed by atoms with Crippen LogP contribution in [0.3, 0.4) is 0 Å². The molecule has 0 radical (unpaired) electrons. The first-order valence-corrected chi connectivity index (χ1v) is 10.6. The molecule has 0 bridgehead atoms. The minimum absolute atomic E-state index is 0.0000703. The second-order valence-corrected chi connectivity index (χ2v) is 8.00. The lowest BCUT2D eigenvalue weighted by atomic mass is 9.82. The predicted molar refractivity (Wildman–Crippen MR) is 112 cm³/mol. The van der Waals surface area contributed by atoms with E-state index in [2.05, 4.69) is 13.0 Å². The Labute approximate surface area is 174 Å². The Morgan fingerprint density at radius 1 is 0.733 bits per heavy atom. The molecular weight excluding hydrogens is 388 g/mol. The van der Waals surface area contributed by atoms with Crippen molar-refractivity contribution in [2.45, 2.75) is 51.9 Å². The van der Waals surface area contributed by atoms with Crippen molar-refractivity contribution in [3.8, 4) is 22.3 Å². The lowest BCUT2D eigenvalue weighted by Crippen LogP contribution is -2.09. The van der Waals surface area contributed by atoms with E-state index in [1.807, 2.05) is 12.1 Å². The van der Waals surface area contributed by atoms with Crippen LogP contribution in [0.1, 0.15) is 49.3 Å². The molecule has 0 N–H and O–H groups in total. The van der Waals surface area contributed by atoms with Gasteiger partial charge in [0.15, 0.2) is 11.6 Å². The molecule has 156 valence electrons. The van der Waals surface area contributed by atoms with Crippen LogP contribution in [0.4, 0.5) is 17.6 Å². The molecule has 0 heterocycles. The molecule has 4 heteroatoms. The van der Waals surface area contributed by atoms with Crippen LogP contribution in [0.15, 0.2) is 42.5 Å². The fourth-order valence-corrected chi connectivity index (χ4v) is 4.35. The Kier molecular flexibility index (Phi) is 5.94. The molecule has 0 amide bonds. The highest BCUT2D eigenvalue weighted by atomic mass is 19.2. The van der Waals surface area contributed by atoms with E-state index in [0.717, 1.165) is 36.1 Å². The first kappa shape index (κ1) is 20.6. The summed E-state index contributed by atoms with van der Waals surface area (Å²) in [5.74, 6) is -3.63. The standard InChI is InChI=1S/C26H24F4/c1-2-3-4-5-6-16-7-10-19-17(13-16)8-11-20-21(19)15-24(29)25(26(20)30)18-9-12-22(27)23(28)14-18/h7,9-10,12-15H,2-6,8,11H2,1H3. The molecule has 1 aliphatic carbocycles. The molecule has 0 atom stereocenters. The van der Waals surface area contributed by atoms with Crippen molar-refractivity contribution in [2.24, 2.45) is 0 Å². The van der Waals surface area contributed by atoms with Gasteiger partial charge in [-0.2, -0.15) is 0 Å². The smallest absolute Gasteiger partial charge is 0.159 e. The molecule has 3 aromatic carbocycles. The van der Waals surface area contributed by atoms with Crippen LogP contribution < -0.4 is 0 Å². The van der Waals surface area contributed by atoms with Gasteiger partial charge in [0.25, 0.3) is 0 Å². The average Bonchev–Trinajstić information content (AvgIpc) is 2.73. The van der Waals surface area contributed by atoms with Crippen LogP contribution in [0, 0.1) is 23.3 Å². The van der Waals surface area contributed by atoms with E-state index in [1.165, 1.54) is 37.0 Å². The van der Waals surface area contributed by atoms with Gasteiger partial charge in [-0.05, 0) is 77.3 Å². The van der Waals surface area contributed by atoms with Crippen molar-refractivity contribution >= 4 is 0 Å². The third-order valence-corrected chi connectivity index (χ3v) is 5.95. The highest BCUT2D eigenvalue weighted by molar-refractivity contribution is 5.78. The van der Waals surface area contributed by atoms with Gasteiger partial charge in [0.2, 0.25) is 0 Å². The van der Waals surface area contributed by atoms with Gasteiger partial charge in [0, 0.05) is 0 Å². The molecule has 0 fully saturated rings. The monoisotopic (exact) mass is 412 g/mol. The number of aryl methyl sites for hydroxylation is 2. The van der Waals surface area contributed by atoms with Crippen LogP contribution >= 0.6 is 0 Å². The normalized spacial score (nSPS) is 12.6. The molecule has 1 aliphatic rings. The van der Waals surface area contributed by atoms with Crippen molar-refractivity contribution in [3.05, 3.63) is 82.4 Å². The molecule has 30 heavy (non-hydrogen) atoms. The van der Waals surface area contributed by atoms with Gasteiger partial charge in [-0.3, -0.25) is 0 Å². The first-order chi connectivity index (χ1) is 14.5. The van der Waals surface area contributed by atoms with Gasteiger partial charge in [0.05, 0.1) is 5.56 Å². The molecule has 0 saturated heterocycles. The van der Waals surface area contributed by atoms with E-state index < -0.39 is 23.3 Å². The summed E-state index contributed by atoms with van der Waals surface area (Å²) in [6, 6.07) is 10.4. The number of rotatable bonds is 6. The number of benzene rings is 3. The predicted octanol–water partition coefficient (Wildman–Crippen LogP) is 7.80. The number of fused-ring (bicyclic) bond motifs is 3. The molecule has 4 rings (SSSR count). The minimum atomic E-state index is -1.12. The van der Waals surface area contributed by atoms with E-state index >= 15 is 4.39 Å². The third-order valence-electron chi connectivity index (χ3n) is 5.95. The number of hydrogen-bond donors (Lipinski definition) is 0. The Balaban J connectivity index is 1.70. The SMILES string of the molecule is CCCCCCc1ccc2c(c1)CCc1c-2cc(F)c(-c2ccc(F)c(F)c2)c1F. The maximum absolute atomic E-state index is 15.3. The quantitative estimate of drug-likeness (QED) is 0.286. The number of hydrogen-bond acceptors (Lipinski definition) is 0. The number of unbranched alkanes of at least 4 members (excludes halogenated alkanes) is 3. The zero-order chi connectivity index (χ0) is 21.3. The fraction of sp³-hybridized carbons (Fsp3) is 0.308. The summed E-state index contributed by atoms with van der Waals surface area (Å²) < 4.78 is 57.1. The second kappa shape index (κ2) is 8.63. The molecule has 0 aromatic heterocycles. The summed E-state index contributed by atoms with van der Waals surface area (Å²) in [5.41, 5.74) is 3.89. The van der Waals surface area contributed by atoms with Crippen LogP contribution in [0.25, 0.3) is 22.3 Å². The van der Waals surface area contributed by atoms with Crippen LogP contribution in [-0.4, -0.2) is 0 Å². The maximum atomic E-state index is 15.3.